The van der Waals surface area contributed by atoms with Crippen molar-refractivity contribution in [2.24, 2.45) is 0 Å². The minimum Gasteiger partial charge on any atom is -0.507 e. The molecule has 9 heteroatoms. The minimum atomic E-state index is -4.90. The van der Waals surface area contributed by atoms with Crippen molar-refractivity contribution in [2.45, 2.75) is 31.6 Å². The molecule has 0 aliphatic heterocycles. The Balaban J connectivity index is 2.05. The van der Waals surface area contributed by atoms with Crippen molar-refractivity contribution in [2.75, 3.05) is 0 Å². The van der Waals surface area contributed by atoms with E-state index in [0.29, 0.717) is 6.07 Å². The molecule has 174 valence electrons. The maximum atomic E-state index is 13.8. The van der Waals surface area contributed by atoms with Gasteiger partial charge in [-0.15, -0.1) is 0 Å². The van der Waals surface area contributed by atoms with Gasteiger partial charge in [-0.3, -0.25) is 0 Å². The molecule has 0 fully saturated rings. The fraction of sp³-hybridized carbons (Fsp3) is 0.208. The molecule has 0 saturated heterocycles. The van der Waals surface area contributed by atoms with E-state index in [0.717, 1.165) is 18.2 Å². The van der Waals surface area contributed by atoms with Gasteiger partial charge in [-0.1, -0.05) is 44.2 Å². The molecule has 0 bridgehead atoms. The van der Waals surface area contributed by atoms with E-state index in [1.165, 1.54) is 50.2 Å². The number of aromatic hydroxyl groups is 1. The van der Waals surface area contributed by atoms with E-state index in [9.17, 15) is 36.2 Å². The van der Waals surface area contributed by atoms with Crippen molar-refractivity contribution in [1.29, 1.82) is 0 Å². The van der Waals surface area contributed by atoms with E-state index < -0.39 is 46.4 Å². The number of esters is 1. The van der Waals surface area contributed by atoms with Gasteiger partial charge < -0.3 is 9.84 Å². The van der Waals surface area contributed by atoms with Crippen LogP contribution < -0.4 is 4.74 Å². The highest BCUT2D eigenvalue weighted by Crippen LogP contribution is 2.43. The molecule has 0 aromatic heterocycles. The molecule has 0 atom stereocenters. The van der Waals surface area contributed by atoms with E-state index in [2.05, 4.69) is 0 Å². The highest BCUT2D eigenvalue weighted by atomic mass is 19.4. The second kappa shape index (κ2) is 8.46. The largest absolute Gasteiger partial charge is 0.507 e. The predicted molar refractivity (Wildman–Crippen MR) is 108 cm³/mol. The van der Waals surface area contributed by atoms with E-state index in [1.54, 1.807) is 6.07 Å². The summed E-state index contributed by atoms with van der Waals surface area (Å²) in [6.45, 7) is 2.90. The van der Waals surface area contributed by atoms with Crippen LogP contribution in [0.5, 0.6) is 11.5 Å². The molecule has 0 saturated carbocycles. The van der Waals surface area contributed by atoms with Gasteiger partial charge in [0.1, 0.15) is 11.5 Å². The molecule has 0 spiro atoms. The van der Waals surface area contributed by atoms with Crippen LogP contribution in [-0.2, 0) is 17.8 Å². The Bertz CT molecular complexity index is 1170. The van der Waals surface area contributed by atoms with Crippen molar-refractivity contribution in [1.82, 2.24) is 0 Å². The number of carbonyl (C=O) groups excluding carboxylic acids is 1. The quantitative estimate of drug-likeness (QED) is 0.255. The Morgan fingerprint density at radius 1 is 0.758 bits per heavy atom. The standard InChI is InChI=1S/C24H18F6O3/c1-22(2,15-8-10-19(31)17(12-15)23(25,26)27)16-9-11-20(18(13-16)24(28,29)30)33-21(32)14-6-4-3-5-7-14/h3-13,31H,1-2H3. The smallest absolute Gasteiger partial charge is 0.419 e. The third-order valence-corrected chi connectivity index (χ3v) is 5.24. The lowest BCUT2D eigenvalue weighted by Gasteiger charge is -2.28. The highest BCUT2D eigenvalue weighted by molar-refractivity contribution is 5.91. The first-order valence-corrected chi connectivity index (χ1v) is 9.61. The molecule has 1 N–H and O–H groups in total. The maximum Gasteiger partial charge on any atom is 0.419 e. The van der Waals surface area contributed by atoms with Crippen molar-refractivity contribution in [3.63, 3.8) is 0 Å². The Labute approximate surface area is 185 Å². The molecule has 0 aliphatic carbocycles. The maximum absolute atomic E-state index is 13.8. The van der Waals surface area contributed by atoms with Gasteiger partial charge in [0.2, 0.25) is 0 Å². The molecule has 3 rings (SSSR count). The molecule has 3 aromatic carbocycles. The van der Waals surface area contributed by atoms with Gasteiger partial charge in [-0.05, 0) is 47.5 Å². The molecule has 0 radical (unpaired) electrons. The first kappa shape index (κ1) is 24.2. The van der Waals surface area contributed by atoms with Gasteiger partial charge >= 0.3 is 18.3 Å². The van der Waals surface area contributed by atoms with E-state index >= 15 is 0 Å². The topological polar surface area (TPSA) is 46.5 Å². The summed E-state index contributed by atoms with van der Waals surface area (Å²) in [7, 11) is 0. The fourth-order valence-electron chi connectivity index (χ4n) is 3.28. The summed E-state index contributed by atoms with van der Waals surface area (Å²) in [5.41, 5.74) is -3.72. The lowest BCUT2D eigenvalue weighted by atomic mass is 9.77. The van der Waals surface area contributed by atoms with Crippen molar-refractivity contribution in [3.8, 4) is 11.5 Å². The minimum absolute atomic E-state index is 0.0353. The number of alkyl halides is 6. The second-order valence-electron chi connectivity index (χ2n) is 7.82. The van der Waals surface area contributed by atoms with Crippen molar-refractivity contribution < 1.29 is 41.0 Å². The summed E-state index contributed by atoms with van der Waals surface area (Å²) in [5.74, 6) is -2.69. The third-order valence-electron chi connectivity index (χ3n) is 5.24. The Kier molecular flexibility index (Phi) is 6.19. The van der Waals surface area contributed by atoms with Gasteiger partial charge in [-0.25, -0.2) is 4.79 Å². The molecular formula is C24H18F6O3. The zero-order valence-corrected chi connectivity index (χ0v) is 17.4. The van der Waals surface area contributed by atoms with E-state index in [-0.39, 0.29) is 16.7 Å². The van der Waals surface area contributed by atoms with E-state index in [1.807, 2.05) is 0 Å². The van der Waals surface area contributed by atoms with Crippen LogP contribution in [0.15, 0.2) is 66.7 Å². The van der Waals surface area contributed by atoms with Crippen LogP contribution in [0.3, 0.4) is 0 Å². The summed E-state index contributed by atoms with van der Waals surface area (Å²) in [5, 5.41) is 9.55. The first-order valence-electron chi connectivity index (χ1n) is 9.61. The SMILES string of the molecule is CC(C)(c1ccc(O)c(C(F)(F)F)c1)c1ccc(OC(=O)c2ccccc2)c(C(F)(F)F)c1. The second-order valence-corrected chi connectivity index (χ2v) is 7.82. The lowest BCUT2D eigenvalue weighted by molar-refractivity contribution is -0.139. The van der Waals surface area contributed by atoms with Crippen molar-refractivity contribution in [3.05, 3.63) is 94.5 Å². The number of hydrogen-bond donors (Lipinski definition) is 1. The van der Waals surface area contributed by atoms with Gasteiger partial charge in [-0.2, -0.15) is 26.3 Å². The monoisotopic (exact) mass is 468 g/mol. The Morgan fingerprint density at radius 2 is 1.27 bits per heavy atom. The van der Waals surface area contributed by atoms with Gasteiger partial charge in [0.25, 0.3) is 0 Å². The van der Waals surface area contributed by atoms with Gasteiger partial charge in [0.15, 0.2) is 0 Å². The molecule has 0 amide bonds. The molecule has 3 nitrogen and oxygen atoms in total. The number of phenolic OH excluding ortho intramolecular Hbond substituents is 1. The molecule has 0 aliphatic rings. The normalized spacial score (nSPS) is 12.5. The number of phenols is 1. The number of hydrogen-bond acceptors (Lipinski definition) is 3. The summed E-state index contributed by atoms with van der Waals surface area (Å²) in [6.07, 6.45) is -9.74. The van der Waals surface area contributed by atoms with Crippen LogP contribution >= 0.6 is 0 Å². The fourth-order valence-corrected chi connectivity index (χ4v) is 3.28. The molecule has 0 unspecified atom stereocenters. The zero-order chi connectivity index (χ0) is 24.6. The van der Waals surface area contributed by atoms with Crippen LogP contribution in [0, 0.1) is 0 Å². The average molecular weight is 468 g/mol. The molecular weight excluding hydrogens is 450 g/mol. The Hall–Kier alpha value is -3.49. The van der Waals surface area contributed by atoms with Crippen LogP contribution in [0.4, 0.5) is 26.3 Å². The number of halogens is 6. The van der Waals surface area contributed by atoms with Crippen LogP contribution in [-0.4, -0.2) is 11.1 Å². The highest BCUT2D eigenvalue weighted by Gasteiger charge is 2.39. The van der Waals surface area contributed by atoms with Crippen LogP contribution in [0.25, 0.3) is 0 Å². The van der Waals surface area contributed by atoms with E-state index in [4.69, 9.17) is 4.74 Å². The summed E-state index contributed by atoms with van der Waals surface area (Å²) in [4.78, 5) is 12.2. The zero-order valence-electron chi connectivity index (χ0n) is 17.4. The van der Waals surface area contributed by atoms with Crippen LogP contribution in [0.1, 0.15) is 46.5 Å². The molecule has 3 aromatic rings. The average Bonchev–Trinajstić information content (AvgIpc) is 2.73. The Morgan fingerprint density at radius 3 is 1.82 bits per heavy atom. The van der Waals surface area contributed by atoms with Gasteiger partial charge in [0, 0.05) is 5.41 Å². The van der Waals surface area contributed by atoms with Gasteiger partial charge in [0.05, 0.1) is 16.7 Å². The third kappa shape index (κ3) is 5.13. The number of ether oxygens (including phenoxy) is 1. The van der Waals surface area contributed by atoms with Crippen LogP contribution in [0.2, 0.25) is 0 Å². The lowest BCUT2D eigenvalue weighted by Crippen LogP contribution is -2.22. The predicted octanol–water partition coefficient (Wildman–Crippen LogP) is 6.97. The number of benzene rings is 3. The summed E-state index contributed by atoms with van der Waals surface area (Å²) < 4.78 is 85.9. The number of carbonyl (C=O) groups is 1. The first-order chi connectivity index (χ1) is 15.2. The molecule has 0 heterocycles. The summed E-state index contributed by atoms with van der Waals surface area (Å²) in [6, 6.07) is 13.2. The summed E-state index contributed by atoms with van der Waals surface area (Å²) >= 11 is 0. The van der Waals surface area contributed by atoms with Crippen molar-refractivity contribution >= 4 is 5.97 Å². The number of rotatable bonds is 4. The molecule has 33 heavy (non-hydrogen) atoms.